The van der Waals surface area contributed by atoms with Crippen LogP contribution in [0.4, 0.5) is 11.4 Å². The Morgan fingerprint density at radius 3 is 2.74 bits per heavy atom. The Morgan fingerprint density at radius 2 is 1.92 bits per heavy atom. The lowest BCUT2D eigenvalue weighted by molar-refractivity contribution is -0.117. The van der Waals surface area contributed by atoms with Crippen LogP contribution in [0.1, 0.15) is 27.3 Å². The number of carbonyl (C=O) groups is 2. The summed E-state index contributed by atoms with van der Waals surface area (Å²) in [5.41, 5.74) is 5.47. The highest BCUT2D eigenvalue weighted by molar-refractivity contribution is 7.21. The number of anilines is 2. The average Bonchev–Trinajstić information content (AvgIpc) is 3.65. The fourth-order valence-corrected chi connectivity index (χ4v) is 5.66. The first-order chi connectivity index (χ1) is 18.3. The van der Waals surface area contributed by atoms with E-state index in [0.29, 0.717) is 29.2 Å². The number of nitrogens with one attached hydrogen (secondary N) is 2. The van der Waals surface area contributed by atoms with Gasteiger partial charge < -0.3 is 10.6 Å². The lowest BCUT2D eigenvalue weighted by atomic mass is 10.1. The lowest BCUT2D eigenvalue weighted by Gasteiger charge is -2.26. The van der Waals surface area contributed by atoms with Crippen LogP contribution in [-0.2, 0) is 31.9 Å². The van der Waals surface area contributed by atoms with E-state index in [2.05, 4.69) is 35.8 Å². The molecule has 0 saturated heterocycles. The second-order valence-electron chi connectivity index (χ2n) is 9.37. The molecule has 0 aromatic carbocycles. The summed E-state index contributed by atoms with van der Waals surface area (Å²) >= 11 is 1.47. The number of nitrogens with zero attached hydrogens (tertiary/aromatic N) is 8. The molecule has 2 N–H and O–H groups in total. The smallest absolute Gasteiger partial charge is 0.260 e. The van der Waals surface area contributed by atoms with Crippen molar-refractivity contribution in [3.63, 3.8) is 0 Å². The summed E-state index contributed by atoms with van der Waals surface area (Å²) in [5, 5.41) is 18.7. The zero-order valence-corrected chi connectivity index (χ0v) is 22.0. The maximum absolute atomic E-state index is 13.2. The minimum absolute atomic E-state index is 0.139. The summed E-state index contributed by atoms with van der Waals surface area (Å²) in [7, 11) is 3.80. The van der Waals surface area contributed by atoms with Gasteiger partial charge in [0.25, 0.3) is 5.91 Å². The van der Waals surface area contributed by atoms with E-state index in [1.165, 1.54) is 17.0 Å². The number of thiazole rings is 1. The van der Waals surface area contributed by atoms with Crippen molar-refractivity contribution in [2.75, 3.05) is 23.7 Å². The fraction of sp³-hybridized carbons (Fsp3) is 0.280. The number of aromatic nitrogens is 7. The summed E-state index contributed by atoms with van der Waals surface area (Å²) in [6, 6.07) is 1.73. The average molecular weight is 531 g/mol. The molecular weight excluding hydrogens is 504 g/mol. The van der Waals surface area contributed by atoms with E-state index in [1.807, 2.05) is 37.4 Å². The summed E-state index contributed by atoms with van der Waals surface area (Å²) in [5.74, 6) is -0.436. The molecule has 0 radical (unpaired) electrons. The molecule has 38 heavy (non-hydrogen) atoms. The van der Waals surface area contributed by atoms with Crippen LogP contribution in [0.3, 0.4) is 0 Å². The van der Waals surface area contributed by atoms with Gasteiger partial charge in [-0.2, -0.15) is 15.3 Å². The van der Waals surface area contributed by atoms with Crippen molar-refractivity contribution in [1.29, 1.82) is 0 Å². The maximum atomic E-state index is 13.2. The summed E-state index contributed by atoms with van der Waals surface area (Å²) in [6.07, 6.45) is 11.4. The molecule has 0 aliphatic carbocycles. The highest BCUT2D eigenvalue weighted by atomic mass is 32.1. The van der Waals surface area contributed by atoms with Gasteiger partial charge in [0.1, 0.15) is 4.83 Å². The van der Waals surface area contributed by atoms with Gasteiger partial charge in [-0.25, -0.2) is 4.52 Å². The molecule has 0 spiro atoms. The molecule has 5 aromatic heterocycles. The quantitative estimate of drug-likeness (QED) is 0.345. The number of hydrogen-bond acceptors (Lipinski definition) is 8. The normalized spacial score (nSPS) is 13.6. The lowest BCUT2D eigenvalue weighted by Crippen LogP contribution is -2.37. The molecule has 194 valence electrons. The number of fused-ring (bicyclic) bond motifs is 2. The third-order valence-corrected chi connectivity index (χ3v) is 7.78. The van der Waals surface area contributed by atoms with Gasteiger partial charge in [0.05, 0.1) is 58.8 Å². The first-order valence-electron chi connectivity index (χ1n) is 12.1. The van der Waals surface area contributed by atoms with Crippen molar-refractivity contribution >= 4 is 39.4 Å². The molecule has 0 atom stereocenters. The van der Waals surface area contributed by atoms with Crippen molar-refractivity contribution < 1.29 is 9.59 Å². The van der Waals surface area contributed by atoms with Crippen LogP contribution >= 0.6 is 11.3 Å². The van der Waals surface area contributed by atoms with Crippen molar-refractivity contribution in [2.24, 2.45) is 14.1 Å². The van der Waals surface area contributed by atoms with E-state index >= 15 is 0 Å². The molecule has 2 amide bonds. The van der Waals surface area contributed by atoms with Gasteiger partial charge in [-0.05, 0) is 13.0 Å². The number of amides is 2. The van der Waals surface area contributed by atoms with E-state index in [4.69, 9.17) is 0 Å². The predicted molar refractivity (Wildman–Crippen MR) is 143 cm³/mol. The first kappa shape index (κ1) is 24.0. The maximum Gasteiger partial charge on any atom is 0.260 e. The molecule has 12 nitrogen and oxygen atoms in total. The molecule has 13 heteroatoms. The van der Waals surface area contributed by atoms with Crippen molar-refractivity contribution in [3.8, 4) is 10.4 Å². The standard InChI is InChI=1S/C25H26N10O2S/c1-15-20(31-24(37)19-10-29-35-13-22(38-25(19)35)17-8-27-32(2)11-17)6-18(9-26-15)30-23(36)14-34-5-4-21-16(12-34)7-28-33(21)3/h6-11,13H,4-5,12,14H2,1-3H3,(H,30,36)(H,31,37). The molecule has 1 aliphatic heterocycles. The minimum Gasteiger partial charge on any atom is -0.324 e. The molecule has 0 bridgehead atoms. The van der Waals surface area contributed by atoms with Crippen molar-refractivity contribution in [2.45, 2.75) is 19.9 Å². The van der Waals surface area contributed by atoms with E-state index in [-0.39, 0.29) is 18.4 Å². The molecule has 5 aromatic rings. The van der Waals surface area contributed by atoms with Gasteiger partial charge in [-0.1, -0.05) is 0 Å². The van der Waals surface area contributed by atoms with Gasteiger partial charge in [0, 0.05) is 62.8 Å². The van der Waals surface area contributed by atoms with Gasteiger partial charge in [-0.15, -0.1) is 11.3 Å². The largest absolute Gasteiger partial charge is 0.324 e. The van der Waals surface area contributed by atoms with Crippen LogP contribution in [0.2, 0.25) is 0 Å². The summed E-state index contributed by atoms with van der Waals surface area (Å²) in [4.78, 5) is 34.1. The molecule has 6 rings (SSSR count). The van der Waals surface area contributed by atoms with Crippen LogP contribution in [0.25, 0.3) is 15.3 Å². The summed E-state index contributed by atoms with van der Waals surface area (Å²) in [6.45, 7) is 3.55. The second kappa shape index (κ2) is 9.50. The number of pyridine rings is 1. The van der Waals surface area contributed by atoms with E-state index < -0.39 is 0 Å². The number of hydrogen-bond donors (Lipinski definition) is 2. The van der Waals surface area contributed by atoms with Gasteiger partial charge >= 0.3 is 0 Å². The minimum atomic E-state index is -0.298. The zero-order chi connectivity index (χ0) is 26.4. The Bertz CT molecular complexity index is 1680. The van der Waals surface area contributed by atoms with Crippen molar-refractivity contribution in [3.05, 3.63) is 65.8 Å². The Balaban J connectivity index is 1.13. The molecule has 0 fully saturated rings. The van der Waals surface area contributed by atoms with Crippen molar-refractivity contribution in [1.82, 2.24) is 39.1 Å². The highest BCUT2D eigenvalue weighted by Crippen LogP contribution is 2.30. The Labute approximate surface area is 221 Å². The third kappa shape index (κ3) is 4.57. The molecule has 0 unspecified atom stereocenters. The number of rotatable bonds is 6. The van der Waals surface area contributed by atoms with Crippen LogP contribution < -0.4 is 10.6 Å². The Hall–Kier alpha value is -4.36. The van der Waals surface area contributed by atoms with Crippen LogP contribution in [0.15, 0.2) is 43.2 Å². The van der Waals surface area contributed by atoms with E-state index in [1.54, 1.807) is 40.8 Å². The monoisotopic (exact) mass is 530 g/mol. The number of aryl methyl sites for hydroxylation is 3. The van der Waals surface area contributed by atoms with Crippen LogP contribution in [0, 0.1) is 6.92 Å². The second-order valence-corrected chi connectivity index (χ2v) is 10.4. The zero-order valence-electron chi connectivity index (χ0n) is 21.2. The third-order valence-electron chi connectivity index (χ3n) is 6.62. The van der Waals surface area contributed by atoms with E-state index in [0.717, 1.165) is 33.8 Å². The predicted octanol–water partition coefficient (Wildman–Crippen LogP) is 2.48. The first-order valence-corrected chi connectivity index (χ1v) is 12.9. The van der Waals surface area contributed by atoms with Crippen LogP contribution in [-0.4, -0.2) is 64.0 Å². The van der Waals surface area contributed by atoms with E-state index in [9.17, 15) is 9.59 Å². The van der Waals surface area contributed by atoms with Crippen LogP contribution in [0.5, 0.6) is 0 Å². The van der Waals surface area contributed by atoms with Gasteiger partial charge in [0.2, 0.25) is 5.91 Å². The Kier molecular flexibility index (Phi) is 6.00. The Morgan fingerprint density at radius 1 is 1.05 bits per heavy atom. The molecule has 6 heterocycles. The SMILES string of the molecule is Cc1ncc(NC(=O)CN2CCc3c(cnn3C)C2)cc1NC(=O)c1cnn2cc(-c3cnn(C)c3)sc12. The topological polar surface area (TPSA) is 127 Å². The number of carbonyl (C=O) groups excluding carboxylic acids is 2. The van der Waals surface area contributed by atoms with Gasteiger partial charge in [0.15, 0.2) is 0 Å². The highest BCUT2D eigenvalue weighted by Gasteiger charge is 2.22. The van der Waals surface area contributed by atoms with Gasteiger partial charge in [-0.3, -0.25) is 28.8 Å². The molecular formula is C25H26N10O2S. The molecule has 1 aliphatic rings. The molecule has 0 saturated carbocycles. The fourth-order valence-electron chi connectivity index (χ4n) is 4.63. The summed E-state index contributed by atoms with van der Waals surface area (Å²) < 4.78 is 5.32.